The number of halogens is 6. The van der Waals surface area contributed by atoms with Crippen molar-refractivity contribution in [2.24, 2.45) is 11.8 Å². The van der Waals surface area contributed by atoms with Crippen molar-refractivity contribution < 1.29 is 214 Å². The van der Waals surface area contributed by atoms with Crippen LogP contribution >= 0.6 is 0 Å². The minimum atomic E-state index is -4.66. The topological polar surface area (TPSA) is 364 Å². The maximum atomic E-state index is 13.8. The van der Waals surface area contributed by atoms with Gasteiger partial charge in [-0.15, -0.1) is 0 Å². The summed E-state index contributed by atoms with van der Waals surface area (Å²) in [6, 6.07) is 42.7. The molecule has 0 aliphatic heterocycles. The van der Waals surface area contributed by atoms with Crippen molar-refractivity contribution in [3.8, 4) is 11.5 Å². The molecule has 592 valence electrons. The van der Waals surface area contributed by atoms with Gasteiger partial charge in [0.25, 0.3) is 23.6 Å². The number of carbonyl (C=O) groups is 8. The third-order valence-electron chi connectivity index (χ3n) is 18.9. The number of ether oxygens (including phenoxy) is 2. The standard InChI is InChI=1S/2C40H40F3N3O9S.2K/c2*1-2-46(31-18-14-28(15-19-31)39(51)52)56(53,54)33-5-3-4-29(22-33)36(47)45-35-21-20-32(55-24-40(41,42)43)23-34(35)37(48)44-30-16-10-26(11-17-30)7-6-25-8-12-27(13-9-25)38(49)50;;/h2*3-5,8-13,16-17,20-23,28,31H,2,6-7,14-15,18-19,24H2,1H3,(H,44,48)(H,45,47)(H,49,50)(H,51,52);;/q;;2*+1/p-2. The molecule has 2 saturated carbocycles. The third kappa shape index (κ3) is 26.4. The van der Waals surface area contributed by atoms with E-state index >= 15 is 0 Å². The van der Waals surface area contributed by atoms with E-state index in [0.717, 1.165) is 46.5 Å². The van der Waals surface area contributed by atoms with Crippen LogP contribution in [0.1, 0.15) is 150 Å². The fourth-order valence-electron chi connectivity index (χ4n) is 13.0. The molecule has 0 aromatic heterocycles. The van der Waals surface area contributed by atoms with Gasteiger partial charge in [-0.05, 0) is 207 Å². The van der Waals surface area contributed by atoms with Gasteiger partial charge in [-0.3, -0.25) is 28.8 Å². The van der Waals surface area contributed by atoms with Crippen LogP contribution in [-0.2, 0) is 55.3 Å². The molecule has 0 unspecified atom stereocenters. The van der Waals surface area contributed by atoms with Gasteiger partial charge in [0.05, 0.1) is 56.1 Å². The van der Waals surface area contributed by atoms with Crippen molar-refractivity contribution in [1.29, 1.82) is 0 Å². The summed E-state index contributed by atoms with van der Waals surface area (Å²) in [7, 11) is -8.22. The summed E-state index contributed by atoms with van der Waals surface area (Å²) >= 11 is 0. The molecule has 0 heterocycles. The van der Waals surface area contributed by atoms with Crippen LogP contribution in [0.5, 0.6) is 11.5 Å². The van der Waals surface area contributed by atoms with E-state index in [1.54, 1.807) is 86.6 Å². The number of amides is 4. The van der Waals surface area contributed by atoms with Gasteiger partial charge in [0.2, 0.25) is 20.0 Å². The summed E-state index contributed by atoms with van der Waals surface area (Å²) in [5.74, 6) is -9.20. The molecular weight excluding hydrogens is 1590 g/mol. The maximum Gasteiger partial charge on any atom is 1.00 e. The molecule has 0 radical (unpaired) electrons. The molecular formula is C80H78F6K2N6O18S2. The number of carbonyl (C=O) groups excluding carboxylic acids is 6. The molecule has 24 nitrogen and oxygen atoms in total. The summed E-state index contributed by atoms with van der Waals surface area (Å²) in [5.41, 5.74) is 3.63. The second-order valence-corrected chi connectivity index (χ2v) is 30.3. The Hall–Kier alpha value is -8.21. The van der Waals surface area contributed by atoms with E-state index in [-0.39, 0.29) is 182 Å². The molecule has 10 rings (SSSR count). The number of alkyl halides is 6. The minimum Gasteiger partial charge on any atom is -0.545 e. The maximum absolute atomic E-state index is 13.8. The normalized spacial score (nSPS) is 15.6. The van der Waals surface area contributed by atoms with Gasteiger partial charge < -0.3 is 60.8 Å². The molecule has 2 fully saturated rings. The number of aliphatic carboxylic acids is 2. The average molecular weight is 1670 g/mol. The van der Waals surface area contributed by atoms with Gasteiger partial charge in [-0.2, -0.15) is 35.0 Å². The van der Waals surface area contributed by atoms with E-state index in [1.807, 2.05) is 0 Å². The number of aryl methyl sites for hydroxylation is 4. The van der Waals surface area contributed by atoms with E-state index in [2.05, 4.69) is 21.3 Å². The van der Waals surface area contributed by atoms with Crippen LogP contribution in [0.3, 0.4) is 0 Å². The Bertz CT molecular complexity index is 4660. The van der Waals surface area contributed by atoms with Gasteiger partial charge in [-0.25, -0.2) is 16.8 Å². The fraction of sp³-hybridized carbons (Fsp3) is 0.300. The first-order valence-corrected chi connectivity index (χ1v) is 38.4. The molecule has 0 spiro atoms. The summed E-state index contributed by atoms with van der Waals surface area (Å²) in [6.07, 6.45) is -4.10. The number of hydrogen-bond acceptors (Lipinski definition) is 16. The molecule has 114 heavy (non-hydrogen) atoms. The quantitative estimate of drug-likeness (QED) is 0.0226. The van der Waals surface area contributed by atoms with Crippen LogP contribution in [0.2, 0.25) is 0 Å². The molecule has 34 heteroatoms. The minimum absolute atomic E-state index is 0. The van der Waals surface area contributed by atoms with Gasteiger partial charge in [0, 0.05) is 47.7 Å². The predicted octanol–water partition coefficient (Wildman–Crippen LogP) is 5.88. The van der Waals surface area contributed by atoms with Crippen LogP contribution in [0.15, 0.2) is 192 Å². The molecule has 0 saturated heterocycles. The third-order valence-corrected chi connectivity index (χ3v) is 23.0. The Morgan fingerprint density at radius 2 is 0.719 bits per heavy atom. The van der Waals surface area contributed by atoms with Crippen molar-refractivity contribution in [3.63, 3.8) is 0 Å². The van der Waals surface area contributed by atoms with Gasteiger partial charge in [0.1, 0.15) is 11.5 Å². The zero-order valence-electron chi connectivity index (χ0n) is 62.3. The van der Waals surface area contributed by atoms with Crippen LogP contribution < -0.4 is 144 Å². The number of carboxylic acid groups (broad SMARTS) is 4. The van der Waals surface area contributed by atoms with Crippen molar-refractivity contribution in [1.82, 2.24) is 8.61 Å². The molecule has 2 aliphatic carbocycles. The van der Waals surface area contributed by atoms with Crippen molar-refractivity contribution in [3.05, 3.63) is 238 Å². The number of hydrogen-bond donors (Lipinski definition) is 6. The van der Waals surface area contributed by atoms with Crippen LogP contribution in [0.25, 0.3) is 0 Å². The molecule has 8 aromatic rings. The molecule has 0 atom stereocenters. The fourth-order valence-corrected chi connectivity index (χ4v) is 16.5. The Balaban J connectivity index is 0.000000310. The number of aromatic carboxylic acids is 2. The van der Waals surface area contributed by atoms with Crippen molar-refractivity contribution in [2.45, 2.75) is 125 Å². The number of rotatable bonds is 30. The summed E-state index contributed by atoms with van der Waals surface area (Å²) in [5, 5.41) is 51.2. The zero-order chi connectivity index (χ0) is 81.2. The first-order chi connectivity index (χ1) is 53.1. The van der Waals surface area contributed by atoms with Crippen molar-refractivity contribution in [2.75, 3.05) is 47.6 Å². The molecule has 2 aliphatic rings. The second-order valence-electron chi connectivity index (χ2n) is 26.6. The number of nitrogens with one attached hydrogen (secondary N) is 4. The summed E-state index contributed by atoms with van der Waals surface area (Å²) in [4.78, 5) is 98.7. The van der Waals surface area contributed by atoms with Crippen LogP contribution in [0, 0.1) is 11.8 Å². The summed E-state index contributed by atoms with van der Waals surface area (Å²) < 4.78 is 145. The van der Waals surface area contributed by atoms with Crippen LogP contribution in [-0.4, -0.2) is 134 Å². The monoisotopic (exact) mass is 1670 g/mol. The Labute approximate surface area is 738 Å². The number of anilines is 4. The Morgan fingerprint density at radius 1 is 0.412 bits per heavy atom. The number of carboxylic acids is 4. The van der Waals surface area contributed by atoms with E-state index in [4.69, 9.17) is 9.47 Å². The number of sulfonamides is 2. The van der Waals surface area contributed by atoms with Crippen molar-refractivity contribution >= 4 is 90.3 Å². The first kappa shape index (κ1) is 93.0. The number of nitrogens with zero attached hydrogens (tertiary/aromatic N) is 2. The van der Waals surface area contributed by atoms with E-state index in [9.17, 15) is 102 Å². The SMILES string of the molecule is CCN(C1CCC(C(=O)O)CC1)S(=O)(=O)c1cccc(C(=O)Nc2ccc(OCC(F)(F)F)cc2C(=O)Nc2ccc(CCc3ccc(C(=O)[O-])cc3)cc2)c1.CCN(C1CCC(C(=O)O)CC1)S(=O)(=O)c1cccc(C(=O)Nc2ccc(OCC(F)(F)F)cc2C(=O)Nc2ccc(CCc3ccc(C(=O)[O-])cc3)cc2)c1.[K+].[K+]. The van der Waals surface area contributed by atoms with Gasteiger partial charge in [0.15, 0.2) is 13.2 Å². The predicted molar refractivity (Wildman–Crippen MR) is 396 cm³/mol. The summed E-state index contributed by atoms with van der Waals surface area (Å²) in [6.45, 7) is 0.331. The molecule has 0 bridgehead atoms. The molecule has 8 aromatic carbocycles. The Morgan fingerprint density at radius 3 is 1.00 bits per heavy atom. The first-order valence-electron chi connectivity index (χ1n) is 35.5. The van der Waals surface area contributed by atoms with E-state index < -0.39 is 117 Å². The average Bonchev–Trinajstić information content (AvgIpc) is 0.804. The van der Waals surface area contributed by atoms with E-state index in [0.29, 0.717) is 88.4 Å². The largest absolute Gasteiger partial charge is 1.00 e. The number of benzene rings is 8. The molecule has 6 N–H and O–H groups in total. The smallest absolute Gasteiger partial charge is 0.545 e. The Kier molecular flexibility index (Phi) is 34.3. The van der Waals surface area contributed by atoms with Gasteiger partial charge >= 0.3 is 127 Å². The molecule has 4 amide bonds. The van der Waals surface area contributed by atoms with E-state index in [1.165, 1.54) is 93.5 Å². The second kappa shape index (κ2) is 42.1. The van der Waals surface area contributed by atoms with Crippen LogP contribution in [0.4, 0.5) is 49.1 Å². The van der Waals surface area contributed by atoms with Gasteiger partial charge in [-0.1, -0.05) is 98.8 Å². The zero-order valence-corrected chi connectivity index (χ0v) is 70.2.